The molecule has 0 aromatic rings. The van der Waals surface area contributed by atoms with Crippen molar-refractivity contribution in [1.29, 1.82) is 0 Å². The minimum Gasteiger partial charge on any atom is -0.462 e. The monoisotopic (exact) mass is 1020 g/mol. The molecule has 0 spiro atoms. The molecule has 0 aliphatic heterocycles. The van der Waals surface area contributed by atoms with Crippen LogP contribution >= 0.6 is 0 Å². The first-order chi connectivity index (χ1) is 35.1. The third kappa shape index (κ3) is 57.7. The van der Waals surface area contributed by atoms with Crippen molar-refractivity contribution in [3.05, 3.63) is 0 Å². The molecule has 72 heavy (non-hydrogen) atoms. The fourth-order valence-electron chi connectivity index (χ4n) is 10.2. The number of ether oxygens (including phenoxy) is 3. The number of hydrogen-bond acceptors (Lipinski definition) is 6. The summed E-state index contributed by atoms with van der Waals surface area (Å²) in [6, 6.07) is 0. The number of unbranched alkanes of at least 4 members (excludes halogenated alkanes) is 41. The van der Waals surface area contributed by atoms with E-state index in [1.807, 2.05) is 0 Å². The van der Waals surface area contributed by atoms with Gasteiger partial charge in [0.1, 0.15) is 13.2 Å². The van der Waals surface area contributed by atoms with Gasteiger partial charge in [-0.15, -0.1) is 0 Å². The molecule has 0 rings (SSSR count). The van der Waals surface area contributed by atoms with E-state index in [1.54, 1.807) is 0 Å². The minimum absolute atomic E-state index is 0.0625. The number of carbonyl (C=O) groups is 3. The molecule has 0 heterocycles. The topological polar surface area (TPSA) is 78.9 Å². The molecule has 0 radical (unpaired) electrons. The van der Waals surface area contributed by atoms with E-state index in [0.29, 0.717) is 19.3 Å². The quantitative estimate of drug-likeness (QED) is 0.0343. The lowest BCUT2D eigenvalue weighted by atomic mass is 9.99. The number of carbonyl (C=O) groups excluding carboxylic acids is 3. The Balaban J connectivity index is 4.27. The maximum absolute atomic E-state index is 12.9. The summed E-state index contributed by atoms with van der Waals surface area (Å²) >= 11 is 0. The van der Waals surface area contributed by atoms with Gasteiger partial charge in [-0.1, -0.05) is 330 Å². The van der Waals surface area contributed by atoms with E-state index in [-0.39, 0.29) is 31.1 Å². The Labute approximate surface area is 450 Å². The van der Waals surface area contributed by atoms with Crippen LogP contribution in [0.15, 0.2) is 0 Å². The zero-order valence-electron chi connectivity index (χ0n) is 49.7. The summed E-state index contributed by atoms with van der Waals surface area (Å²) in [5, 5.41) is 0. The van der Waals surface area contributed by atoms with Gasteiger partial charge >= 0.3 is 17.9 Å². The van der Waals surface area contributed by atoms with Crippen molar-refractivity contribution in [1.82, 2.24) is 0 Å². The molecular weight excluding hydrogens is 889 g/mol. The third-order valence-electron chi connectivity index (χ3n) is 15.5. The summed E-state index contributed by atoms with van der Waals surface area (Å²) < 4.78 is 17.0. The second kappa shape index (κ2) is 57.1. The first-order valence-electron chi connectivity index (χ1n) is 32.6. The van der Waals surface area contributed by atoms with E-state index in [9.17, 15) is 14.4 Å². The molecule has 0 aliphatic carbocycles. The summed E-state index contributed by atoms with van der Waals surface area (Å²) in [7, 11) is 0. The Bertz CT molecular complexity index is 1120. The van der Waals surface area contributed by atoms with Crippen molar-refractivity contribution >= 4 is 17.9 Å². The number of rotatable bonds is 59. The van der Waals surface area contributed by atoms with E-state index in [1.165, 1.54) is 250 Å². The Morgan fingerprint density at radius 2 is 0.486 bits per heavy atom. The van der Waals surface area contributed by atoms with Crippen LogP contribution in [-0.2, 0) is 28.6 Å². The lowest BCUT2D eigenvalue weighted by Crippen LogP contribution is -2.30. The number of esters is 3. The molecule has 0 bridgehead atoms. The van der Waals surface area contributed by atoms with Crippen LogP contribution in [0, 0.1) is 17.8 Å². The van der Waals surface area contributed by atoms with Crippen molar-refractivity contribution in [3.63, 3.8) is 0 Å². The molecule has 0 aliphatic rings. The van der Waals surface area contributed by atoms with Crippen molar-refractivity contribution in [2.24, 2.45) is 17.8 Å². The van der Waals surface area contributed by atoms with Gasteiger partial charge in [0.05, 0.1) is 0 Å². The predicted octanol–water partition coefficient (Wildman–Crippen LogP) is 21.8. The maximum atomic E-state index is 12.9. The van der Waals surface area contributed by atoms with Gasteiger partial charge in [-0.05, 0) is 37.0 Å². The minimum atomic E-state index is -0.765. The van der Waals surface area contributed by atoms with Crippen LogP contribution in [0.1, 0.15) is 369 Å². The van der Waals surface area contributed by atoms with Crippen LogP contribution in [0.5, 0.6) is 0 Å². The summed E-state index contributed by atoms with van der Waals surface area (Å²) in [6.45, 7) is 13.8. The molecule has 1 unspecified atom stereocenters. The van der Waals surface area contributed by atoms with Gasteiger partial charge in [0.15, 0.2) is 6.10 Å². The molecule has 0 fully saturated rings. The molecule has 2 atom stereocenters. The van der Waals surface area contributed by atoms with Gasteiger partial charge in [0, 0.05) is 19.3 Å². The van der Waals surface area contributed by atoms with E-state index in [4.69, 9.17) is 14.2 Å². The molecule has 0 N–H and O–H groups in total. The van der Waals surface area contributed by atoms with Crippen LogP contribution in [0.25, 0.3) is 0 Å². The van der Waals surface area contributed by atoms with Crippen LogP contribution in [0.2, 0.25) is 0 Å². The highest BCUT2D eigenvalue weighted by Gasteiger charge is 2.19. The van der Waals surface area contributed by atoms with E-state index < -0.39 is 6.10 Å². The number of hydrogen-bond donors (Lipinski definition) is 0. The van der Waals surface area contributed by atoms with Crippen LogP contribution in [0.3, 0.4) is 0 Å². The third-order valence-corrected chi connectivity index (χ3v) is 15.5. The predicted molar refractivity (Wildman–Crippen MR) is 312 cm³/mol. The summed E-state index contributed by atoms with van der Waals surface area (Å²) in [5.74, 6) is 1.75. The highest BCUT2D eigenvalue weighted by Crippen LogP contribution is 2.20. The molecule has 6 heteroatoms. The summed E-state index contributed by atoms with van der Waals surface area (Å²) in [5.41, 5.74) is 0. The standard InChI is InChI=1S/C66H128O6/c1-7-62(6)54-48-42-36-30-24-17-14-15-19-26-32-38-44-50-56-65(68)71-59-63(72-66(69)57-51-45-39-33-27-21-20-23-29-35-41-47-53-61(4)5)58-70-64(67)55-49-43-37-31-25-18-13-11-9-8-10-12-16-22-28-34-40-46-52-60(2)3/h60-63H,7-59H2,1-6H3/t62?,63-/m1/s1. The van der Waals surface area contributed by atoms with Gasteiger partial charge in [-0.2, -0.15) is 0 Å². The maximum Gasteiger partial charge on any atom is 0.306 e. The highest BCUT2D eigenvalue weighted by atomic mass is 16.6. The fraction of sp³-hybridized carbons (Fsp3) is 0.955. The van der Waals surface area contributed by atoms with Gasteiger partial charge in [-0.25, -0.2) is 0 Å². The second-order valence-electron chi connectivity index (χ2n) is 24.0. The van der Waals surface area contributed by atoms with Gasteiger partial charge in [0.2, 0.25) is 0 Å². The van der Waals surface area contributed by atoms with E-state index in [0.717, 1.165) is 75.5 Å². The fourth-order valence-corrected chi connectivity index (χ4v) is 10.2. The lowest BCUT2D eigenvalue weighted by molar-refractivity contribution is -0.167. The second-order valence-corrected chi connectivity index (χ2v) is 24.0. The molecule has 6 nitrogen and oxygen atoms in total. The Hall–Kier alpha value is -1.59. The van der Waals surface area contributed by atoms with E-state index in [2.05, 4.69) is 41.5 Å². The van der Waals surface area contributed by atoms with Crippen LogP contribution < -0.4 is 0 Å². The zero-order valence-corrected chi connectivity index (χ0v) is 49.7. The zero-order chi connectivity index (χ0) is 52.6. The molecule has 0 aromatic heterocycles. The normalized spacial score (nSPS) is 12.5. The smallest absolute Gasteiger partial charge is 0.306 e. The summed E-state index contributed by atoms with van der Waals surface area (Å²) in [4.78, 5) is 38.3. The van der Waals surface area contributed by atoms with Crippen molar-refractivity contribution in [3.8, 4) is 0 Å². The molecule has 428 valence electrons. The van der Waals surface area contributed by atoms with Gasteiger partial charge in [0.25, 0.3) is 0 Å². The van der Waals surface area contributed by atoms with Crippen molar-refractivity contribution < 1.29 is 28.6 Å². The Morgan fingerprint density at radius 3 is 0.722 bits per heavy atom. The molecular formula is C66H128O6. The van der Waals surface area contributed by atoms with E-state index >= 15 is 0 Å². The highest BCUT2D eigenvalue weighted by molar-refractivity contribution is 5.71. The van der Waals surface area contributed by atoms with Crippen LogP contribution in [0.4, 0.5) is 0 Å². The van der Waals surface area contributed by atoms with Gasteiger partial charge < -0.3 is 14.2 Å². The average molecular weight is 1020 g/mol. The molecule has 0 saturated carbocycles. The lowest BCUT2D eigenvalue weighted by Gasteiger charge is -2.18. The molecule has 0 saturated heterocycles. The largest absolute Gasteiger partial charge is 0.462 e. The average Bonchev–Trinajstić information content (AvgIpc) is 3.36. The first kappa shape index (κ1) is 70.4. The first-order valence-corrected chi connectivity index (χ1v) is 32.6. The molecule has 0 amide bonds. The van der Waals surface area contributed by atoms with Crippen molar-refractivity contribution in [2.75, 3.05) is 13.2 Å². The molecule has 0 aromatic carbocycles. The van der Waals surface area contributed by atoms with Crippen molar-refractivity contribution in [2.45, 2.75) is 375 Å². The Kier molecular flexibility index (Phi) is 55.9. The Morgan fingerprint density at radius 1 is 0.278 bits per heavy atom. The van der Waals surface area contributed by atoms with Gasteiger partial charge in [-0.3, -0.25) is 14.4 Å². The summed E-state index contributed by atoms with van der Waals surface area (Å²) in [6.07, 6.45) is 62.4. The van der Waals surface area contributed by atoms with Crippen LogP contribution in [-0.4, -0.2) is 37.2 Å². The SMILES string of the molecule is CCC(C)CCCCCCCCCCCCCCCCC(=O)OC[C@@H](COC(=O)CCCCCCCCCCCCCCCCCCCCC(C)C)OC(=O)CCCCCCCCCCCCCCC(C)C.